The number of nitrogens with zero attached hydrogens (tertiary/aromatic N) is 5. The second kappa shape index (κ2) is 11.2. The summed E-state index contributed by atoms with van der Waals surface area (Å²) in [7, 11) is 1.27. The zero-order chi connectivity index (χ0) is 23.7. The Morgan fingerprint density at radius 3 is 2.85 bits per heavy atom. The van der Waals surface area contributed by atoms with Crippen LogP contribution in [-0.2, 0) is 19.2 Å². The Morgan fingerprint density at radius 2 is 2.26 bits per heavy atom. The largest absolute Gasteiger partial charge is 0.477 e. The number of anilines is 1. The first kappa shape index (κ1) is 26.7. The molecule has 4 rings (SSSR count). The maximum Gasteiger partial charge on any atom is 0.352 e. The molecule has 2 aliphatic rings. The molecule has 2 aromatic rings. The van der Waals surface area contributed by atoms with Gasteiger partial charge in [-0.15, -0.1) is 34.4 Å². The van der Waals surface area contributed by atoms with E-state index >= 15 is 0 Å². The number of nitrogen functional groups attached to an aromatic ring is 1. The Morgan fingerprint density at radius 1 is 1.50 bits per heavy atom. The van der Waals surface area contributed by atoms with E-state index in [4.69, 9.17) is 10.6 Å². The van der Waals surface area contributed by atoms with E-state index in [9.17, 15) is 19.5 Å². The highest BCUT2D eigenvalue weighted by molar-refractivity contribution is 9.11. The molecule has 4 N–H and O–H groups in total. The number of carbonyl (C=O) groups is 3. The Kier molecular flexibility index (Phi) is 8.80. The monoisotopic (exact) mass is 627 g/mol. The van der Waals surface area contributed by atoms with Crippen LogP contribution in [0.1, 0.15) is 5.69 Å². The Hall–Kier alpha value is -1.92. The first-order valence-corrected chi connectivity index (χ1v) is 13.5. The predicted octanol–water partition coefficient (Wildman–Crippen LogP) is 1.64. The van der Waals surface area contributed by atoms with Crippen molar-refractivity contribution < 1.29 is 24.3 Å². The Bertz CT molecular complexity index is 1170. The molecule has 0 aromatic carbocycles. The van der Waals surface area contributed by atoms with E-state index in [0.29, 0.717) is 25.2 Å². The van der Waals surface area contributed by atoms with Crippen molar-refractivity contribution in [3.05, 3.63) is 26.3 Å². The lowest BCUT2D eigenvalue weighted by Gasteiger charge is -2.49. The Labute approximate surface area is 223 Å². The molecular weight excluding hydrogens is 614 g/mol. The van der Waals surface area contributed by atoms with Crippen molar-refractivity contribution in [1.29, 1.82) is 0 Å². The number of amides is 2. The molecule has 1 unspecified atom stereocenters. The quantitative estimate of drug-likeness (QED) is 0.168. The number of aromatic nitrogens is 3. The van der Waals surface area contributed by atoms with Gasteiger partial charge in [0, 0.05) is 11.5 Å². The van der Waals surface area contributed by atoms with Crippen molar-refractivity contribution in [2.75, 3.05) is 24.3 Å². The smallest absolute Gasteiger partial charge is 0.352 e. The number of β-lactam (4-membered cyclic amide) rings is 1. The molecule has 2 amide bonds. The zero-order valence-corrected chi connectivity index (χ0v) is 22.6. The summed E-state index contributed by atoms with van der Waals surface area (Å²) in [5.41, 5.74) is 7.84. The van der Waals surface area contributed by atoms with Gasteiger partial charge in [-0.2, -0.15) is 0 Å². The number of rotatable bonds is 8. The van der Waals surface area contributed by atoms with Gasteiger partial charge in [-0.3, -0.25) is 14.5 Å². The summed E-state index contributed by atoms with van der Waals surface area (Å²) in [4.78, 5) is 47.8. The van der Waals surface area contributed by atoms with E-state index in [1.165, 1.54) is 46.9 Å². The number of oxime groups is 1. The molecule has 34 heavy (non-hydrogen) atoms. The molecule has 1 fully saturated rings. The van der Waals surface area contributed by atoms with Gasteiger partial charge < -0.3 is 21.0 Å². The van der Waals surface area contributed by atoms with Crippen molar-refractivity contribution >= 4 is 103 Å². The number of thioether (sulfide) groups is 2. The van der Waals surface area contributed by atoms with Crippen LogP contribution in [0.2, 0.25) is 0 Å². The van der Waals surface area contributed by atoms with Crippen molar-refractivity contribution in [2.45, 2.75) is 15.8 Å². The van der Waals surface area contributed by atoms with Crippen LogP contribution in [0.3, 0.4) is 0 Å². The van der Waals surface area contributed by atoms with Gasteiger partial charge in [-0.25, -0.2) is 9.78 Å². The number of nitrogens with one attached hydrogen (secondary N) is 1. The molecule has 2 aromatic heterocycles. The van der Waals surface area contributed by atoms with Gasteiger partial charge in [0.1, 0.15) is 39.2 Å². The molecule has 18 heteroatoms. The van der Waals surface area contributed by atoms with E-state index in [2.05, 4.69) is 41.6 Å². The van der Waals surface area contributed by atoms with Crippen molar-refractivity contribution in [3.63, 3.8) is 0 Å². The van der Waals surface area contributed by atoms with Crippen LogP contribution in [0.5, 0.6) is 0 Å². The SMILES string of the molecule is CON=C(C(=O)NC1C(=O)N2C(C(=O)O)=C(CSc3nncs3)CS[C@@H]12)c1nc(N)sc1Br.Cl. The predicted molar refractivity (Wildman–Crippen MR) is 135 cm³/mol. The summed E-state index contributed by atoms with van der Waals surface area (Å²) in [5.74, 6) is -1.66. The number of hydrogen-bond acceptors (Lipinski definition) is 13. The molecule has 1 saturated heterocycles. The number of fused-ring (bicyclic) bond motifs is 1. The minimum atomic E-state index is -1.20. The second-order valence-corrected chi connectivity index (χ2v) is 11.9. The average molecular weight is 629 g/mol. The molecule has 0 aliphatic carbocycles. The molecule has 0 bridgehead atoms. The summed E-state index contributed by atoms with van der Waals surface area (Å²) < 4.78 is 1.19. The summed E-state index contributed by atoms with van der Waals surface area (Å²) in [6, 6.07) is -0.925. The first-order valence-electron chi connectivity index (χ1n) is 8.95. The highest BCUT2D eigenvalue weighted by Crippen LogP contribution is 2.41. The van der Waals surface area contributed by atoms with Crippen LogP contribution < -0.4 is 11.1 Å². The van der Waals surface area contributed by atoms with Crippen molar-refractivity contribution in [2.24, 2.45) is 5.16 Å². The van der Waals surface area contributed by atoms with E-state index in [-0.39, 0.29) is 34.6 Å². The van der Waals surface area contributed by atoms with Crippen LogP contribution in [-0.4, -0.2) is 78.7 Å². The van der Waals surface area contributed by atoms with Gasteiger partial charge in [0.2, 0.25) is 0 Å². The lowest BCUT2D eigenvalue weighted by Crippen LogP contribution is -2.71. The fourth-order valence-electron chi connectivity index (χ4n) is 3.13. The summed E-state index contributed by atoms with van der Waals surface area (Å²) in [6.45, 7) is 0. The summed E-state index contributed by atoms with van der Waals surface area (Å²) in [6.07, 6.45) is 0. The van der Waals surface area contributed by atoms with Gasteiger partial charge in [-0.1, -0.05) is 39.6 Å². The highest BCUT2D eigenvalue weighted by Gasteiger charge is 2.54. The van der Waals surface area contributed by atoms with E-state index in [0.717, 1.165) is 11.3 Å². The number of carboxylic acids is 1. The normalized spacial score (nSPS) is 19.8. The van der Waals surface area contributed by atoms with Crippen LogP contribution in [0, 0.1) is 0 Å². The zero-order valence-electron chi connectivity index (χ0n) is 17.0. The van der Waals surface area contributed by atoms with Gasteiger partial charge in [0.25, 0.3) is 11.8 Å². The lowest BCUT2D eigenvalue weighted by atomic mass is 10.0. The number of thiazole rings is 1. The molecule has 2 aliphatic heterocycles. The Balaban J connectivity index is 0.00000324. The van der Waals surface area contributed by atoms with E-state index < -0.39 is 29.2 Å². The minimum absolute atomic E-state index is 0. The number of carboxylic acid groups (broad SMARTS) is 1. The van der Waals surface area contributed by atoms with Crippen LogP contribution in [0.15, 0.2) is 30.1 Å². The molecule has 4 heterocycles. The third kappa shape index (κ3) is 5.18. The molecule has 0 radical (unpaired) electrons. The maximum atomic E-state index is 12.9. The number of hydrogen-bond donors (Lipinski definition) is 3. The van der Waals surface area contributed by atoms with Crippen molar-refractivity contribution in [3.8, 4) is 0 Å². The lowest BCUT2D eigenvalue weighted by molar-refractivity contribution is -0.150. The van der Waals surface area contributed by atoms with Gasteiger partial charge in [0.15, 0.2) is 15.2 Å². The van der Waals surface area contributed by atoms with Gasteiger partial charge >= 0.3 is 5.97 Å². The van der Waals surface area contributed by atoms with Gasteiger partial charge in [0.05, 0.1) is 0 Å². The maximum absolute atomic E-state index is 12.9. The molecular formula is C16H15BrClN7O5S4. The average Bonchev–Trinajstić information content (AvgIpc) is 3.42. The van der Waals surface area contributed by atoms with Crippen LogP contribution in [0.4, 0.5) is 5.13 Å². The number of aliphatic carboxylic acids is 1. The summed E-state index contributed by atoms with van der Waals surface area (Å²) >= 11 is 8.47. The summed E-state index contributed by atoms with van der Waals surface area (Å²) in [5, 5.41) is 23.5. The molecule has 0 saturated carbocycles. The van der Waals surface area contributed by atoms with E-state index in [1.807, 2.05) is 0 Å². The second-order valence-electron chi connectivity index (χ2n) is 6.41. The van der Waals surface area contributed by atoms with Crippen molar-refractivity contribution in [1.82, 2.24) is 25.4 Å². The third-order valence-corrected chi connectivity index (χ3v) is 9.29. The topological polar surface area (TPSA) is 173 Å². The van der Waals surface area contributed by atoms with Gasteiger partial charge in [-0.05, 0) is 21.5 Å². The number of halogens is 2. The fraction of sp³-hybridized carbons (Fsp3) is 0.312. The highest BCUT2D eigenvalue weighted by atomic mass is 79.9. The molecule has 182 valence electrons. The first-order chi connectivity index (χ1) is 15.8. The fourth-order valence-corrected chi connectivity index (χ4v) is 7.43. The number of nitrogens with two attached hydrogens (primary N) is 1. The standard InChI is InChI=1S/C16H14BrN7O5S4.ClH/c1-29-23-7(6-10(17)33-15(18)21-6)11(25)20-8-12(26)24-9(14(27)28)5(2-30-13(8)24)3-31-16-22-19-4-32-16;/h4,8,13H,2-3H2,1H3,(H2,18,21)(H,20,25)(H,27,28);1H/t8?,13-;/m0./s1. The molecule has 2 atom stereocenters. The number of carbonyl (C=O) groups excluding carboxylic acids is 2. The molecule has 12 nitrogen and oxygen atoms in total. The molecule has 0 spiro atoms. The van der Waals surface area contributed by atoms with Crippen LogP contribution in [0.25, 0.3) is 0 Å². The minimum Gasteiger partial charge on any atom is -0.477 e. The third-order valence-electron chi connectivity index (χ3n) is 4.47. The van der Waals surface area contributed by atoms with E-state index in [1.54, 1.807) is 5.51 Å². The van der Waals surface area contributed by atoms with Crippen LogP contribution >= 0.6 is 74.5 Å².